The van der Waals surface area contributed by atoms with Crippen molar-refractivity contribution in [1.82, 2.24) is 0 Å². The van der Waals surface area contributed by atoms with E-state index in [4.69, 9.17) is 4.74 Å². The molecule has 3 rings (SSSR count). The molecule has 168 valence electrons. The van der Waals surface area contributed by atoms with Crippen molar-refractivity contribution in [1.29, 1.82) is 0 Å². The summed E-state index contributed by atoms with van der Waals surface area (Å²) in [6.45, 7) is 14.5. The summed E-state index contributed by atoms with van der Waals surface area (Å²) in [7, 11) is 0. The van der Waals surface area contributed by atoms with Crippen molar-refractivity contribution >= 4 is 0 Å². The largest absolute Gasteiger partial charge is 0.393 e. The van der Waals surface area contributed by atoms with Crippen molar-refractivity contribution in [3.05, 3.63) is 47.1 Å². The molecule has 0 unspecified atom stereocenters. The second-order valence-electron chi connectivity index (χ2n) is 10.9. The highest BCUT2D eigenvalue weighted by Crippen LogP contribution is 2.57. The van der Waals surface area contributed by atoms with Gasteiger partial charge < -0.3 is 20.1 Å². The van der Waals surface area contributed by atoms with Gasteiger partial charge in [0.1, 0.15) is 0 Å². The van der Waals surface area contributed by atoms with Crippen LogP contribution in [0.5, 0.6) is 0 Å². The fraction of sp³-hybridized carbons (Fsp3) is 0.692. The molecule has 0 heterocycles. The van der Waals surface area contributed by atoms with Crippen LogP contribution in [-0.2, 0) is 4.74 Å². The lowest BCUT2D eigenvalue weighted by molar-refractivity contribution is -0.0828. The van der Waals surface area contributed by atoms with Gasteiger partial charge >= 0.3 is 0 Å². The Balaban J connectivity index is 1.81. The van der Waals surface area contributed by atoms with Gasteiger partial charge in [0.2, 0.25) is 0 Å². The van der Waals surface area contributed by atoms with Gasteiger partial charge in [-0.1, -0.05) is 37.3 Å². The maximum Gasteiger partial charge on any atom is 0.0842 e. The van der Waals surface area contributed by atoms with Crippen LogP contribution < -0.4 is 0 Å². The number of fused-ring (bicyclic) bond motifs is 1. The lowest BCUT2D eigenvalue weighted by Gasteiger charge is -2.45. The average molecular weight is 417 g/mol. The maximum atomic E-state index is 10.1. The Hall–Kier alpha value is -1.20. The van der Waals surface area contributed by atoms with Gasteiger partial charge in [-0.3, -0.25) is 0 Å². The Morgan fingerprint density at radius 3 is 2.60 bits per heavy atom. The van der Waals surface area contributed by atoms with Crippen molar-refractivity contribution < 1.29 is 20.1 Å². The molecule has 0 aromatic carbocycles. The number of aliphatic hydroxyl groups is 3. The van der Waals surface area contributed by atoms with E-state index >= 15 is 0 Å². The fourth-order valence-electron chi connectivity index (χ4n) is 5.65. The molecule has 0 aromatic rings. The number of aliphatic hydroxyl groups excluding tert-OH is 2. The fourth-order valence-corrected chi connectivity index (χ4v) is 5.65. The molecule has 3 N–H and O–H groups in total. The molecule has 0 aromatic heterocycles. The number of allylic oxidation sites excluding steroid dienone is 4. The Morgan fingerprint density at radius 1 is 1.23 bits per heavy atom. The van der Waals surface area contributed by atoms with Gasteiger partial charge in [0.25, 0.3) is 0 Å². The van der Waals surface area contributed by atoms with Gasteiger partial charge in [-0.2, -0.15) is 0 Å². The Bertz CT molecular complexity index is 764. The first kappa shape index (κ1) is 23.5. The third-order valence-electron chi connectivity index (χ3n) is 7.25. The summed E-state index contributed by atoms with van der Waals surface area (Å²) in [6.07, 6.45) is 10.8. The first-order valence-electron chi connectivity index (χ1n) is 11.4. The average Bonchev–Trinajstić information content (AvgIpc) is 3.00. The van der Waals surface area contributed by atoms with Crippen LogP contribution in [0.1, 0.15) is 73.1 Å². The van der Waals surface area contributed by atoms with Crippen LogP contribution >= 0.6 is 0 Å². The molecule has 0 radical (unpaired) electrons. The summed E-state index contributed by atoms with van der Waals surface area (Å²) in [5.74, 6) is 0.440. The Labute approximate surface area is 182 Å². The summed E-state index contributed by atoms with van der Waals surface area (Å²) in [5, 5.41) is 30.3. The lowest BCUT2D eigenvalue weighted by Crippen LogP contribution is -2.42. The molecule has 0 bridgehead atoms. The molecule has 0 spiro atoms. The van der Waals surface area contributed by atoms with Crippen LogP contribution in [-0.4, -0.2) is 45.3 Å². The van der Waals surface area contributed by atoms with Crippen LogP contribution in [0, 0.1) is 11.3 Å². The Morgan fingerprint density at radius 2 is 1.93 bits per heavy atom. The minimum Gasteiger partial charge on any atom is -0.393 e. The standard InChI is InChI=1S/C26H40O4/c1-17-19(14-20(27)15-22(17)28)10-9-18-8-7-13-26(6)21(18)11-12-23(26)25(4,5)30-16-24(2,3)29/h9-10,12,20-22,27-29H,1,7-8,11,13-16H2,2-6H3/b18-9+,19-10-/t20-,21+,22+,26+/m1/s1. The van der Waals surface area contributed by atoms with Crippen LogP contribution in [0.3, 0.4) is 0 Å². The third kappa shape index (κ3) is 4.83. The quantitative estimate of drug-likeness (QED) is 0.572. The van der Waals surface area contributed by atoms with Gasteiger partial charge in [0.05, 0.1) is 30.0 Å². The van der Waals surface area contributed by atoms with Gasteiger partial charge in [0.15, 0.2) is 0 Å². The van der Waals surface area contributed by atoms with Crippen molar-refractivity contribution in [3.63, 3.8) is 0 Å². The number of ether oxygens (including phenoxy) is 1. The van der Waals surface area contributed by atoms with Crippen molar-refractivity contribution in [2.75, 3.05) is 6.61 Å². The van der Waals surface area contributed by atoms with Crippen LogP contribution in [0.2, 0.25) is 0 Å². The van der Waals surface area contributed by atoms with Gasteiger partial charge in [-0.05, 0) is 87.9 Å². The first-order valence-corrected chi connectivity index (χ1v) is 11.4. The van der Waals surface area contributed by atoms with E-state index in [1.54, 1.807) is 13.8 Å². The predicted molar refractivity (Wildman–Crippen MR) is 121 cm³/mol. The minimum absolute atomic E-state index is 0.0499. The normalized spacial score (nSPS) is 35.7. The molecular formula is C26H40O4. The summed E-state index contributed by atoms with van der Waals surface area (Å²) in [4.78, 5) is 0. The molecule has 0 aliphatic heterocycles. The molecule has 0 saturated heterocycles. The van der Waals surface area contributed by atoms with E-state index in [2.05, 4.69) is 45.6 Å². The van der Waals surface area contributed by atoms with E-state index in [1.165, 1.54) is 11.1 Å². The molecule has 2 saturated carbocycles. The molecule has 4 nitrogen and oxygen atoms in total. The van der Waals surface area contributed by atoms with Crippen molar-refractivity contribution in [2.24, 2.45) is 11.3 Å². The van der Waals surface area contributed by atoms with Crippen molar-refractivity contribution in [2.45, 2.75) is 96.6 Å². The SMILES string of the molecule is C=C1/C(=C\C=C2/CCC[C@]3(C)C(C(C)(C)OCC(C)(C)O)=CC[C@@H]23)C[C@@H](O)C[C@@H]1O. The van der Waals surface area contributed by atoms with Gasteiger partial charge in [0, 0.05) is 6.42 Å². The van der Waals surface area contributed by atoms with Crippen molar-refractivity contribution in [3.8, 4) is 0 Å². The first-order chi connectivity index (χ1) is 13.8. The molecule has 4 atom stereocenters. The second-order valence-corrected chi connectivity index (χ2v) is 10.9. The topological polar surface area (TPSA) is 69.9 Å². The zero-order valence-corrected chi connectivity index (χ0v) is 19.4. The highest BCUT2D eigenvalue weighted by molar-refractivity contribution is 5.41. The van der Waals surface area contributed by atoms with Crippen LogP contribution in [0.15, 0.2) is 47.1 Å². The molecule has 0 amide bonds. The smallest absolute Gasteiger partial charge is 0.0842 e. The number of hydrogen-bond donors (Lipinski definition) is 3. The summed E-state index contributed by atoms with van der Waals surface area (Å²) >= 11 is 0. The molecule has 3 aliphatic rings. The number of rotatable bonds is 5. The monoisotopic (exact) mass is 416 g/mol. The highest BCUT2D eigenvalue weighted by atomic mass is 16.5. The highest BCUT2D eigenvalue weighted by Gasteiger charge is 2.49. The van der Waals surface area contributed by atoms with E-state index in [0.717, 1.165) is 36.8 Å². The molecular weight excluding hydrogens is 376 g/mol. The minimum atomic E-state index is -0.849. The molecule has 3 aliphatic carbocycles. The summed E-state index contributed by atoms with van der Waals surface area (Å²) < 4.78 is 6.20. The third-order valence-corrected chi connectivity index (χ3v) is 7.25. The molecule has 4 heteroatoms. The maximum absolute atomic E-state index is 10.1. The van der Waals surface area contributed by atoms with E-state index in [-0.39, 0.29) is 5.41 Å². The van der Waals surface area contributed by atoms with Gasteiger partial charge in [-0.15, -0.1) is 0 Å². The Kier molecular flexibility index (Phi) is 6.56. The van der Waals surface area contributed by atoms with Crippen LogP contribution in [0.25, 0.3) is 0 Å². The number of hydrogen-bond acceptors (Lipinski definition) is 4. The zero-order valence-electron chi connectivity index (χ0n) is 19.4. The van der Waals surface area contributed by atoms with E-state index in [9.17, 15) is 15.3 Å². The van der Waals surface area contributed by atoms with Gasteiger partial charge in [-0.25, -0.2) is 0 Å². The molecule has 2 fully saturated rings. The van der Waals surface area contributed by atoms with E-state index in [0.29, 0.717) is 25.4 Å². The van der Waals surface area contributed by atoms with E-state index < -0.39 is 23.4 Å². The summed E-state index contributed by atoms with van der Waals surface area (Å²) in [5.41, 5.74) is 3.25. The van der Waals surface area contributed by atoms with E-state index in [1.807, 2.05) is 0 Å². The molecule has 30 heavy (non-hydrogen) atoms. The van der Waals surface area contributed by atoms with Crippen LogP contribution in [0.4, 0.5) is 0 Å². The zero-order chi connectivity index (χ0) is 22.3. The summed E-state index contributed by atoms with van der Waals surface area (Å²) in [6, 6.07) is 0. The second kappa shape index (κ2) is 8.38. The lowest BCUT2D eigenvalue weighted by atomic mass is 9.62. The predicted octanol–water partition coefficient (Wildman–Crippen LogP) is 4.61.